The summed E-state index contributed by atoms with van der Waals surface area (Å²) >= 11 is 0. The summed E-state index contributed by atoms with van der Waals surface area (Å²) in [5.74, 6) is -1.61. The summed E-state index contributed by atoms with van der Waals surface area (Å²) in [7, 11) is 3.55. The fraction of sp³-hybridized carbons (Fsp3) is 0.400. The number of rotatable bonds is 5. The minimum absolute atomic E-state index is 0.156. The zero-order valence-electron chi connectivity index (χ0n) is 20.8. The van der Waals surface area contributed by atoms with E-state index in [0.29, 0.717) is 17.7 Å². The molecule has 14 heteroatoms. The number of benzene rings is 2. The molecular formula is C25H24F6N6O2. The van der Waals surface area contributed by atoms with Crippen molar-refractivity contribution in [2.75, 3.05) is 19.6 Å². The van der Waals surface area contributed by atoms with Gasteiger partial charge in [0.05, 0.1) is 29.5 Å². The number of hydrogen-bond donors (Lipinski definition) is 1. The number of hydrogen-bond acceptors (Lipinski definition) is 6. The number of aromatic nitrogens is 4. The van der Waals surface area contributed by atoms with Crippen LogP contribution in [0.5, 0.6) is 0 Å². The van der Waals surface area contributed by atoms with Crippen molar-refractivity contribution >= 4 is 27.8 Å². The number of nitrogens with zero attached hydrogens (tertiary/aromatic N) is 5. The highest BCUT2D eigenvalue weighted by Crippen LogP contribution is 2.38. The topological polar surface area (TPSA) is 77.2 Å². The van der Waals surface area contributed by atoms with Gasteiger partial charge in [0, 0.05) is 44.5 Å². The standard InChI is InChI=1S/C25H24F6N6O2/c1-35-18-5-3-14(9-16(18)11-33-35)21(15-4-6-19-17(10-15)12-34-36(19)2)37-8-7-32-13-20(37)22(38)39-23(24(26,27)28)25(29,30)31/h3-6,9-12,20-21,23,32H,7-8,13H2,1-2H3. The molecule has 1 fully saturated rings. The molecule has 1 aliphatic rings. The molecule has 1 aliphatic heterocycles. The summed E-state index contributed by atoms with van der Waals surface area (Å²) in [5, 5.41) is 12.9. The van der Waals surface area contributed by atoms with Gasteiger partial charge in [-0.25, -0.2) is 0 Å². The van der Waals surface area contributed by atoms with Crippen molar-refractivity contribution in [1.82, 2.24) is 29.8 Å². The number of halogens is 6. The Labute approximate surface area is 218 Å². The molecular weight excluding hydrogens is 530 g/mol. The van der Waals surface area contributed by atoms with Crippen LogP contribution in [-0.2, 0) is 23.6 Å². The highest BCUT2D eigenvalue weighted by atomic mass is 19.4. The van der Waals surface area contributed by atoms with Crippen LogP contribution in [-0.4, -0.2) is 74.6 Å². The van der Waals surface area contributed by atoms with Crippen molar-refractivity contribution in [2.45, 2.75) is 30.5 Å². The van der Waals surface area contributed by atoms with E-state index >= 15 is 0 Å². The second-order valence-corrected chi connectivity index (χ2v) is 9.43. The number of carbonyl (C=O) groups excluding carboxylic acids is 1. The number of alkyl halides is 6. The number of nitrogens with one attached hydrogen (secondary N) is 1. The lowest BCUT2D eigenvalue weighted by Gasteiger charge is -2.41. The lowest BCUT2D eigenvalue weighted by atomic mass is 9.93. The molecule has 2 aromatic heterocycles. The minimum Gasteiger partial charge on any atom is -0.442 e. The van der Waals surface area contributed by atoms with Gasteiger partial charge in [-0.15, -0.1) is 0 Å². The van der Waals surface area contributed by atoms with Gasteiger partial charge >= 0.3 is 18.3 Å². The van der Waals surface area contributed by atoms with E-state index in [-0.39, 0.29) is 13.1 Å². The Balaban J connectivity index is 1.58. The lowest BCUT2D eigenvalue weighted by molar-refractivity contribution is -0.314. The van der Waals surface area contributed by atoms with Crippen LogP contribution >= 0.6 is 0 Å². The molecule has 0 amide bonds. The van der Waals surface area contributed by atoms with E-state index in [1.807, 2.05) is 24.3 Å². The lowest BCUT2D eigenvalue weighted by Crippen LogP contribution is -2.58. The van der Waals surface area contributed by atoms with E-state index in [0.717, 1.165) is 21.8 Å². The Morgan fingerprint density at radius 1 is 0.923 bits per heavy atom. The summed E-state index contributed by atoms with van der Waals surface area (Å²) < 4.78 is 86.6. The maximum absolute atomic E-state index is 13.2. The Kier molecular flexibility index (Phi) is 6.79. The average Bonchev–Trinajstić information content (AvgIpc) is 3.43. The van der Waals surface area contributed by atoms with Gasteiger partial charge in [0.15, 0.2) is 0 Å². The molecule has 1 N–H and O–H groups in total. The van der Waals surface area contributed by atoms with Crippen LogP contribution in [0.3, 0.4) is 0 Å². The zero-order chi connectivity index (χ0) is 28.1. The van der Waals surface area contributed by atoms with Crippen molar-refractivity contribution in [1.29, 1.82) is 0 Å². The zero-order valence-corrected chi connectivity index (χ0v) is 20.8. The second-order valence-electron chi connectivity index (χ2n) is 9.43. The summed E-state index contributed by atoms with van der Waals surface area (Å²) in [6.07, 6.45) is -12.5. The summed E-state index contributed by atoms with van der Waals surface area (Å²) in [6, 6.07) is 8.83. The molecule has 1 saturated heterocycles. The molecule has 5 rings (SSSR count). The van der Waals surface area contributed by atoms with Crippen molar-refractivity contribution in [3.05, 3.63) is 59.9 Å². The molecule has 4 aromatic rings. The molecule has 0 saturated carbocycles. The normalized spacial score (nSPS) is 17.5. The van der Waals surface area contributed by atoms with Gasteiger partial charge in [0.1, 0.15) is 6.04 Å². The highest BCUT2D eigenvalue weighted by Gasteiger charge is 2.60. The first kappa shape index (κ1) is 26.9. The molecule has 0 radical (unpaired) electrons. The fourth-order valence-corrected chi connectivity index (χ4v) is 5.04. The van der Waals surface area contributed by atoms with Crippen LogP contribution in [0.1, 0.15) is 17.2 Å². The van der Waals surface area contributed by atoms with E-state index in [2.05, 4.69) is 20.3 Å². The molecule has 0 aliphatic carbocycles. The minimum atomic E-state index is -5.81. The number of ether oxygens (including phenoxy) is 1. The summed E-state index contributed by atoms with van der Waals surface area (Å²) in [6.45, 7) is 0.317. The maximum atomic E-state index is 13.2. The van der Waals surface area contributed by atoms with Crippen molar-refractivity contribution in [3.63, 3.8) is 0 Å². The molecule has 0 spiro atoms. The Morgan fingerprint density at radius 3 is 1.92 bits per heavy atom. The molecule has 0 bridgehead atoms. The Hall–Kier alpha value is -3.65. The Bertz CT molecular complexity index is 1420. The van der Waals surface area contributed by atoms with Gasteiger partial charge in [-0.1, -0.05) is 12.1 Å². The number of aryl methyl sites for hydroxylation is 2. The van der Waals surface area contributed by atoms with E-state index in [1.54, 1.807) is 52.9 Å². The fourth-order valence-electron chi connectivity index (χ4n) is 5.04. The largest absolute Gasteiger partial charge is 0.442 e. The van der Waals surface area contributed by atoms with Crippen LogP contribution in [0.25, 0.3) is 21.8 Å². The first-order valence-corrected chi connectivity index (χ1v) is 12.0. The molecule has 2 aromatic carbocycles. The van der Waals surface area contributed by atoms with Crippen molar-refractivity contribution < 1.29 is 35.9 Å². The molecule has 1 unspecified atom stereocenters. The molecule has 8 nitrogen and oxygen atoms in total. The van der Waals surface area contributed by atoms with Gasteiger partial charge in [0.25, 0.3) is 6.10 Å². The molecule has 3 heterocycles. The van der Waals surface area contributed by atoms with Crippen LogP contribution in [0.2, 0.25) is 0 Å². The van der Waals surface area contributed by atoms with Crippen LogP contribution in [0.15, 0.2) is 48.8 Å². The van der Waals surface area contributed by atoms with E-state index in [4.69, 9.17) is 0 Å². The van der Waals surface area contributed by atoms with Gasteiger partial charge in [0.2, 0.25) is 0 Å². The van der Waals surface area contributed by atoms with E-state index < -0.39 is 36.5 Å². The first-order valence-electron chi connectivity index (χ1n) is 12.0. The van der Waals surface area contributed by atoms with Crippen LogP contribution < -0.4 is 5.32 Å². The quantitative estimate of drug-likeness (QED) is 0.298. The predicted molar refractivity (Wildman–Crippen MR) is 129 cm³/mol. The van der Waals surface area contributed by atoms with Crippen LogP contribution in [0, 0.1) is 0 Å². The third kappa shape index (κ3) is 5.17. The van der Waals surface area contributed by atoms with Gasteiger partial charge in [-0.05, 0) is 35.4 Å². The second kappa shape index (κ2) is 9.83. The van der Waals surface area contributed by atoms with E-state index in [1.165, 1.54) is 0 Å². The monoisotopic (exact) mass is 554 g/mol. The van der Waals surface area contributed by atoms with Gasteiger partial charge in [-0.2, -0.15) is 36.5 Å². The number of piperazine rings is 1. The number of esters is 1. The third-order valence-corrected chi connectivity index (χ3v) is 6.89. The number of fused-ring (bicyclic) bond motifs is 2. The highest BCUT2D eigenvalue weighted by molar-refractivity contribution is 5.82. The van der Waals surface area contributed by atoms with E-state index in [9.17, 15) is 31.1 Å². The SMILES string of the molecule is Cn1ncc2cc(C(c3ccc4c(cnn4C)c3)N3CCNCC3C(=O)OC(C(F)(F)F)C(F)(F)F)ccc21. The van der Waals surface area contributed by atoms with Crippen molar-refractivity contribution in [3.8, 4) is 0 Å². The molecule has 39 heavy (non-hydrogen) atoms. The average molecular weight is 554 g/mol. The van der Waals surface area contributed by atoms with Crippen molar-refractivity contribution in [2.24, 2.45) is 14.1 Å². The van der Waals surface area contributed by atoms with Gasteiger partial charge in [-0.3, -0.25) is 19.1 Å². The summed E-state index contributed by atoms with van der Waals surface area (Å²) in [5.41, 5.74) is 3.02. The third-order valence-electron chi connectivity index (χ3n) is 6.89. The number of carbonyl (C=O) groups is 1. The first-order chi connectivity index (χ1) is 18.3. The maximum Gasteiger partial charge on any atom is 0.434 e. The van der Waals surface area contributed by atoms with Gasteiger partial charge < -0.3 is 10.1 Å². The molecule has 208 valence electrons. The van der Waals surface area contributed by atoms with Crippen LogP contribution in [0.4, 0.5) is 26.3 Å². The Morgan fingerprint density at radius 2 is 1.44 bits per heavy atom. The smallest absolute Gasteiger partial charge is 0.434 e. The predicted octanol–water partition coefficient (Wildman–Crippen LogP) is 3.86. The summed E-state index contributed by atoms with van der Waals surface area (Å²) in [4.78, 5) is 14.6. The molecule has 1 atom stereocenters.